The Morgan fingerprint density at radius 1 is 1.07 bits per heavy atom. The average Bonchev–Trinajstić information content (AvgIpc) is 2.89. The van der Waals surface area contributed by atoms with Gasteiger partial charge in [-0.25, -0.2) is 8.42 Å². The first-order valence-corrected chi connectivity index (χ1v) is 20.1. The molecule has 5 atom stereocenters. The molecule has 3 aliphatic rings. The van der Waals surface area contributed by atoms with E-state index in [1.165, 1.54) is 5.57 Å². The lowest BCUT2D eigenvalue weighted by atomic mass is 9.51. The van der Waals surface area contributed by atoms with Crippen LogP contribution in [-0.4, -0.2) is 48.6 Å². The highest BCUT2D eigenvalue weighted by Gasteiger charge is 2.54. The molecule has 40 heavy (non-hydrogen) atoms. The minimum absolute atomic E-state index is 0.0908. The van der Waals surface area contributed by atoms with Gasteiger partial charge in [-0.2, -0.15) is 0 Å². The lowest BCUT2D eigenvalue weighted by molar-refractivity contribution is -0.171. The van der Waals surface area contributed by atoms with Crippen LogP contribution in [0, 0.1) is 22.7 Å². The third-order valence-corrected chi connectivity index (χ3v) is 17.3. The molecule has 1 aromatic carbocycles. The van der Waals surface area contributed by atoms with Crippen LogP contribution in [0.1, 0.15) is 86.0 Å². The van der Waals surface area contributed by atoms with Gasteiger partial charge in [0.2, 0.25) is 0 Å². The predicted molar refractivity (Wildman–Crippen MR) is 166 cm³/mol. The Morgan fingerprint density at radius 2 is 1.80 bits per heavy atom. The van der Waals surface area contributed by atoms with Gasteiger partial charge in [0.25, 0.3) is 0 Å². The van der Waals surface area contributed by atoms with Crippen LogP contribution in [0.5, 0.6) is 0 Å². The van der Waals surface area contributed by atoms with E-state index in [0.29, 0.717) is 29.9 Å². The molecule has 1 saturated carbocycles. The van der Waals surface area contributed by atoms with Crippen LogP contribution >= 0.6 is 0 Å². The number of fused-ring (bicyclic) bond motifs is 1. The SMILES string of the molecule is C[C@@H]1CC=C2[C@@H](CCC[C@@]2(C)CS(=O)(=O)c2ccccc2)[C@@]1(CCOC1CCCCO1)CO[Si](C)(C)C(C)(C)C. The molecule has 2 aliphatic carbocycles. The first-order valence-electron chi connectivity index (χ1n) is 15.6. The number of allylic oxidation sites excluding steroid dienone is 2. The fraction of sp³-hybridized carbons (Fsp3) is 0.758. The number of rotatable bonds is 10. The van der Waals surface area contributed by atoms with Crippen molar-refractivity contribution in [1.29, 1.82) is 0 Å². The Kier molecular flexibility index (Phi) is 9.83. The molecule has 0 bridgehead atoms. The fourth-order valence-corrected chi connectivity index (χ4v) is 10.0. The molecule has 5 nitrogen and oxygen atoms in total. The zero-order chi connectivity index (χ0) is 29.2. The third-order valence-electron chi connectivity index (χ3n) is 10.8. The van der Waals surface area contributed by atoms with Crippen molar-refractivity contribution in [3.05, 3.63) is 42.0 Å². The predicted octanol–water partition coefficient (Wildman–Crippen LogP) is 8.17. The van der Waals surface area contributed by atoms with Crippen molar-refractivity contribution in [3.8, 4) is 0 Å². The molecule has 1 heterocycles. The van der Waals surface area contributed by atoms with E-state index in [1.54, 1.807) is 12.1 Å². The van der Waals surface area contributed by atoms with Crippen LogP contribution in [0.2, 0.25) is 18.1 Å². The third kappa shape index (κ3) is 6.80. The van der Waals surface area contributed by atoms with Gasteiger partial charge in [-0.05, 0) is 87.0 Å². The lowest BCUT2D eigenvalue weighted by Gasteiger charge is -2.56. The second-order valence-corrected chi connectivity index (χ2v) is 21.4. The van der Waals surface area contributed by atoms with Gasteiger partial charge in [0.05, 0.1) is 17.3 Å². The summed E-state index contributed by atoms with van der Waals surface area (Å²) in [7, 11) is -5.40. The maximum Gasteiger partial charge on any atom is 0.192 e. The zero-order valence-electron chi connectivity index (χ0n) is 26.1. The Morgan fingerprint density at radius 3 is 2.45 bits per heavy atom. The van der Waals surface area contributed by atoms with Crippen molar-refractivity contribution in [2.45, 2.75) is 115 Å². The molecule has 0 amide bonds. The van der Waals surface area contributed by atoms with E-state index in [4.69, 9.17) is 13.9 Å². The van der Waals surface area contributed by atoms with E-state index in [-0.39, 0.29) is 27.9 Å². The minimum Gasteiger partial charge on any atom is -0.416 e. The Labute approximate surface area is 245 Å². The average molecular weight is 591 g/mol. The Bertz CT molecular complexity index is 1120. The van der Waals surface area contributed by atoms with E-state index < -0.39 is 18.2 Å². The van der Waals surface area contributed by atoms with Crippen molar-refractivity contribution in [2.75, 3.05) is 25.6 Å². The molecule has 0 N–H and O–H groups in total. The van der Waals surface area contributed by atoms with Crippen LogP contribution in [0.15, 0.2) is 46.9 Å². The summed E-state index contributed by atoms with van der Waals surface area (Å²) in [5.41, 5.74) is 0.879. The Balaban J connectivity index is 1.64. The number of hydrogen-bond donors (Lipinski definition) is 0. The van der Waals surface area contributed by atoms with Crippen LogP contribution in [0.25, 0.3) is 0 Å². The highest BCUT2D eigenvalue weighted by Crippen LogP contribution is 2.59. The highest BCUT2D eigenvalue weighted by atomic mass is 32.2. The van der Waals surface area contributed by atoms with Gasteiger partial charge in [0, 0.05) is 24.0 Å². The summed E-state index contributed by atoms with van der Waals surface area (Å²) in [5.74, 6) is 0.878. The number of sulfone groups is 1. The van der Waals surface area contributed by atoms with E-state index in [2.05, 4.69) is 53.8 Å². The molecular weight excluding hydrogens is 537 g/mol. The Hall–Kier alpha value is -0.993. The summed E-state index contributed by atoms with van der Waals surface area (Å²) in [5, 5.41) is 0.127. The minimum atomic E-state index is -3.41. The second kappa shape index (κ2) is 12.3. The summed E-state index contributed by atoms with van der Waals surface area (Å²) >= 11 is 0. The monoisotopic (exact) mass is 590 g/mol. The quantitative estimate of drug-likeness (QED) is 0.203. The molecule has 4 rings (SSSR count). The van der Waals surface area contributed by atoms with Gasteiger partial charge >= 0.3 is 0 Å². The molecule has 2 fully saturated rings. The summed E-state index contributed by atoms with van der Waals surface area (Å²) < 4.78 is 46.6. The van der Waals surface area contributed by atoms with Gasteiger partial charge in [0.15, 0.2) is 24.4 Å². The van der Waals surface area contributed by atoms with Gasteiger partial charge in [-0.15, -0.1) is 0 Å². The number of hydrogen-bond acceptors (Lipinski definition) is 5. The topological polar surface area (TPSA) is 61.8 Å². The molecule has 0 spiro atoms. The van der Waals surface area contributed by atoms with Crippen molar-refractivity contribution in [3.63, 3.8) is 0 Å². The van der Waals surface area contributed by atoms with Crippen LogP contribution in [0.4, 0.5) is 0 Å². The molecule has 7 heteroatoms. The van der Waals surface area contributed by atoms with Gasteiger partial charge < -0.3 is 13.9 Å². The van der Waals surface area contributed by atoms with E-state index in [0.717, 1.165) is 58.0 Å². The summed E-state index contributed by atoms with van der Waals surface area (Å²) in [6, 6.07) is 8.98. The van der Waals surface area contributed by atoms with Crippen LogP contribution in [0.3, 0.4) is 0 Å². The maximum atomic E-state index is 13.6. The molecular formula is C33H54O5SSi. The smallest absolute Gasteiger partial charge is 0.192 e. The fourth-order valence-electron chi connectivity index (χ4n) is 7.06. The van der Waals surface area contributed by atoms with Crippen LogP contribution < -0.4 is 0 Å². The molecule has 1 aliphatic heterocycles. The molecule has 1 aromatic rings. The first-order chi connectivity index (χ1) is 18.7. The second-order valence-electron chi connectivity index (χ2n) is 14.6. The molecule has 1 saturated heterocycles. The molecule has 0 radical (unpaired) electrons. The van der Waals surface area contributed by atoms with E-state index in [1.807, 2.05) is 18.2 Å². The van der Waals surface area contributed by atoms with Crippen molar-refractivity contribution in [2.24, 2.45) is 22.7 Å². The summed E-state index contributed by atoms with van der Waals surface area (Å²) in [6.07, 6.45) is 10.4. The first kappa shape index (κ1) is 31.9. The normalized spacial score (nSPS) is 31.9. The number of benzene rings is 1. The largest absolute Gasteiger partial charge is 0.416 e. The van der Waals surface area contributed by atoms with E-state index in [9.17, 15) is 8.42 Å². The van der Waals surface area contributed by atoms with E-state index >= 15 is 0 Å². The van der Waals surface area contributed by atoms with Crippen molar-refractivity contribution in [1.82, 2.24) is 0 Å². The van der Waals surface area contributed by atoms with Gasteiger partial charge in [0.1, 0.15) is 0 Å². The van der Waals surface area contributed by atoms with Crippen molar-refractivity contribution >= 4 is 18.2 Å². The summed E-state index contributed by atoms with van der Waals surface area (Å²) in [6.45, 7) is 18.3. The molecule has 226 valence electrons. The summed E-state index contributed by atoms with van der Waals surface area (Å²) in [4.78, 5) is 0.427. The molecule has 0 aromatic heterocycles. The highest BCUT2D eigenvalue weighted by molar-refractivity contribution is 7.91. The number of ether oxygens (including phenoxy) is 2. The zero-order valence-corrected chi connectivity index (χ0v) is 27.9. The standard InChI is InChI=1S/C33H54O5SSi/c1-26-18-19-28-29(16-13-20-32(28,5)25-39(34,35)27-14-9-8-10-15-27)33(26,24-38-40(6,7)31(2,3)4)21-23-37-30-17-11-12-22-36-30/h8-10,14-15,19,26,29-30H,11-13,16-18,20-25H2,1-7H3/t26-,29-,30?,32+,33+/m1/s1. The van der Waals surface area contributed by atoms with Crippen molar-refractivity contribution < 1.29 is 22.3 Å². The van der Waals surface area contributed by atoms with Gasteiger partial charge in [-0.3, -0.25) is 0 Å². The van der Waals surface area contributed by atoms with Crippen LogP contribution in [-0.2, 0) is 23.7 Å². The maximum absolute atomic E-state index is 13.6. The van der Waals surface area contributed by atoms with Gasteiger partial charge in [-0.1, -0.05) is 70.9 Å². The lowest BCUT2D eigenvalue weighted by Crippen LogP contribution is -2.53. The molecule has 1 unspecified atom stereocenters.